The Hall–Kier alpha value is -0.970. The fraction of sp³-hybridized carbons (Fsp3) is 0.250. The van der Waals surface area contributed by atoms with Gasteiger partial charge in [-0.05, 0) is 36.6 Å². The zero-order valence-electron chi connectivity index (χ0n) is 7.97. The Kier molecular flexibility index (Phi) is 3.82. The van der Waals surface area contributed by atoms with E-state index in [9.17, 15) is 0 Å². The molecule has 0 aliphatic carbocycles. The highest BCUT2D eigenvalue weighted by Gasteiger charge is 1.94. The Bertz CT molecular complexity index is 340. The Labute approximate surface area is 84.5 Å². The summed E-state index contributed by atoms with van der Waals surface area (Å²) in [4.78, 5) is 0. The molecule has 68 valence electrons. The predicted octanol–water partition coefficient (Wildman–Crippen LogP) is 4.00. The van der Waals surface area contributed by atoms with E-state index in [1.165, 1.54) is 5.57 Å². The molecule has 0 bridgehead atoms. The van der Waals surface area contributed by atoms with Crippen LogP contribution in [0.4, 0.5) is 0 Å². The van der Waals surface area contributed by atoms with E-state index in [1.807, 2.05) is 44.2 Å². The molecule has 0 aliphatic heterocycles. The van der Waals surface area contributed by atoms with Gasteiger partial charge in [-0.1, -0.05) is 24.3 Å². The number of allylic oxidation sites excluding steroid dienone is 1. The molecule has 1 rings (SSSR count). The first kappa shape index (κ1) is 10.1. The molecule has 0 saturated carbocycles. The maximum absolute atomic E-state index is 5.79. The largest absolute Gasteiger partial charge is 0.122 e. The van der Waals surface area contributed by atoms with E-state index < -0.39 is 0 Å². The molecule has 1 aromatic rings. The van der Waals surface area contributed by atoms with Crippen molar-refractivity contribution in [1.29, 1.82) is 0 Å². The van der Waals surface area contributed by atoms with E-state index in [2.05, 4.69) is 5.73 Å². The minimum atomic E-state index is 0.553. The Balaban J connectivity index is 3.07. The van der Waals surface area contributed by atoms with Crippen molar-refractivity contribution in [3.05, 3.63) is 46.7 Å². The van der Waals surface area contributed by atoms with Crippen LogP contribution in [0.15, 0.2) is 35.6 Å². The Morgan fingerprint density at radius 1 is 1.38 bits per heavy atom. The van der Waals surface area contributed by atoms with E-state index >= 15 is 0 Å². The average Bonchev–Trinajstić information content (AvgIpc) is 2.15. The van der Waals surface area contributed by atoms with Gasteiger partial charge >= 0.3 is 0 Å². The maximum Gasteiger partial charge on any atom is 0.0480 e. The lowest BCUT2D eigenvalue weighted by Crippen LogP contribution is -1.81. The van der Waals surface area contributed by atoms with Gasteiger partial charge in [0.05, 0.1) is 0 Å². The smallest absolute Gasteiger partial charge is 0.0480 e. The predicted molar refractivity (Wildman–Crippen MR) is 58.8 cm³/mol. The molecule has 13 heavy (non-hydrogen) atoms. The average molecular weight is 193 g/mol. The topological polar surface area (TPSA) is 0 Å². The number of rotatable bonds is 2. The molecule has 0 aliphatic rings. The molecule has 0 unspecified atom stereocenters. The first-order valence-electron chi connectivity index (χ1n) is 4.28. The van der Waals surface area contributed by atoms with Gasteiger partial charge in [-0.2, -0.15) is 0 Å². The molecule has 0 amide bonds. The van der Waals surface area contributed by atoms with E-state index in [-0.39, 0.29) is 0 Å². The third-order valence-electron chi connectivity index (χ3n) is 1.72. The molecule has 0 saturated heterocycles. The van der Waals surface area contributed by atoms with Crippen LogP contribution in [-0.4, -0.2) is 0 Å². The summed E-state index contributed by atoms with van der Waals surface area (Å²) >= 11 is 5.79. The molecule has 1 aromatic carbocycles. The summed E-state index contributed by atoms with van der Waals surface area (Å²) < 4.78 is 0. The van der Waals surface area contributed by atoms with Gasteiger partial charge in [-0.25, -0.2) is 0 Å². The lowest BCUT2D eigenvalue weighted by Gasteiger charge is -1.98. The highest BCUT2D eigenvalue weighted by Crippen LogP contribution is 2.12. The van der Waals surface area contributed by atoms with Crippen LogP contribution >= 0.6 is 11.6 Å². The van der Waals surface area contributed by atoms with Crippen molar-refractivity contribution < 1.29 is 0 Å². The minimum absolute atomic E-state index is 0.553. The Morgan fingerprint density at radius 2 is 2.08 bits per heavy atom. The third kappa shape index (κ3) is 3.10. The van der Waals surface area contributed by atoms with Crippen LogP contribution < -0.4 is 0 Å². The first-order valence-corrected chi connectivity index (χ1v) is 4.81. The first-order chi connectivity index (χ1) is 6.24. The van der Waals surface area contributed by atoms with Crippen molar-refractivity contribution in [3.63, 3.8) is 0 Å². The summed E-state index contributed by atoms with van der Waals surface area (Å²) in [5.74, 6) is 0.553. The normalized spacial score (nSPS) is 9.15. The number of halogens is 1. The number of alkyl halides is 1. The lowest BCUT2D eigenvalue weighted by atomic mass is 10.1. The summed E-state index contributed by atoms with van der Waals surface area (Å²) in [7, 11) is 0. The van der Waals surface area contributed by atoms with Crippen molar-refractivity contribution in [2.75, 3.05) is 0 Å². The fourth-order valence-corrected chi connectivity index (χ4v) is 1.26. The zero-order valence-corrected chi connectivity index (χ0v) is 8.73. The van der Waals surface area contributed by atoms with Crippen LogP contribution in [-0.2, 0) is 5.88 Å². The van der Waals surface area contributed by atoms with Crippen molar-refractivity contribution in [3.8, 4) is 0 Å². The third-order valence-corrected chi connectivity index (χ3v) is 2.00. The van der Waals surface area contributed by atoms with Gasteiger partial charge in [0.2, 0.25) is 0 Å². The standard InChI is InChI=1S/C12H13Cl/c1-10(2)7-8-11-5-3-4-6-12(11)9-13/h3-6,8H,9H2,1-2H3. The van der Waals surface area contributed by atoms with Gasteiger partial charge in [0, 0.05) is 5.88 Å². The molecule has 0 spiro atoms. The van der Waals surface area contributed by atoms with Gasteiger partial charge in [0.1, 0.15) is 0 Å². The number of benzene rings is 1. The zero-order chi connectivity index (χ0) is 9.68. The van der Waals surface area contributed by atoms with Crippen LogP contribution in [0.25, 0.3) is 6.08 Å². The summed E-state index contributed by atoms with van der Waals surface area (Å²) in [5.41, 5.74) is 6.64. The SMILES string of the molecule is CC(C)=C=Cc1ccccc1CCl. The molecular weight excluding hydrogens is 180 g/mol. The van der Waals surface area contributed by atoms with Crippen LogP contribution in [0, 0.1) is 0 Å². The molecular formula is C12H13Cl. The minimum Gasteiger partial charge on any atom is -0.122 e. The number of hydrogen-bond donors (Lipinski definition) is 0. The lowest BCUT2D eigenvalue weighted by molar-refractivity contribution is 1.37. The van der Waals surface area contributed by atoms with Crippen molar-refractivity contribution >= 4 is 17.7 Å². The Morgan fingerprint density at radius 3 is 2.69 bits per heavy atom. The van der Waals surface area contributed by atoms with Gasteiger partial charge in [0.15, 0.2) is 0 Å². The van der Waals surface area contributed by atoms with E-state index in [4.69, 9.17) is 11.6 Å². The summed E-state index contributed by atoms with van der Waals surface area (Å²) in [6.45, 7) is 4.06. The number of hydrogen-bond acceptors (Lipinski definition) is 0. The van der Waals surface area contributed by atoms with Gasteiger partial charge < -0.3 is 0 Å². The second kappa shape index (κ2) is 4.91. The molecule has 0 N–H and O–H groups in total. The summed E-state index contributed by atoms with van der Waals surface area (Å²) in [6.07, 6.45) is 1.98. The van der Waals surface area contributed by atoms with Crippen LogP contribution in [0.3, 0.4) is 0 Å². The molecule has 0 nitrogen and oxygen atoms in total. The van der Waals surface area contributed by atoms with E-state index in [0.717, 1.165) is 11.1 Å². The second-order valence-electron chi connectivity index (χ2n) is 3.12. The molecule has 0 fully saturated rings. The van der Waals surface area contributed by atoms with Crippen molar-refractivity contribution in [1.82, 2.24) is 0 Å². The highest BCUT2D eigenvalue weighted by molar-refractivity contribution is 6.17. The quantitative estimate of drug-likeness (QED) is 0.491. The summed E-state index contributed by atoms with van der Waals surface area (Å²) in [5, 5.41) is 0. The highest BCUT2D eigenvalue weighted by atomic mass is 35.5. The van der Waals surface area contributed by atoms with Gasteiger partial charge in [-0.15, -0.1) is 17.3 Å². The monoisotopic (exact) mass is 192 g/mol. The van der Waals surface area contributed by atoms with E-state index in [1.54, 1.807) is 0 Å². The van der Waals surface area contributed by atoms with Crippen LogP contribution in [0.1, 0.15) is 25.0 Å². The molecule has 1 heteroatoms. The van der Waals surface area contributed by atoms with Gasteiger partial charge in [-0.3, -0.25) is 0 Å². The molecule has 0 radical (unpaired) electrons. The van der Waals surface area contributed by atoms with Crippen molar-refractivity contribution in [2.24, 2.45) is 0 Å². The molecule has 0 aromatic heterocycles. The second-order valence-corrected chi connectivity index (χ2v) is 3.39. The maximum atomic E-state index is 5.79. The fourth-order valence-electron chi connectivity index (χ4n) is 1.02. The van der Waals surface area contributed by atoms with Crippen molar-refractivity contribution in [2.45, 2.75) is 19.7 Å². The van der Waals surface area contributed by atoms with Gasteiger partial charge in [0.25, 0.3) is 0 Å². The molecule has 0 heterocycles. The summed E-state index contributed by atoms with van der Waals surface area (Å²) in [6, 6.07) is 8.09. The van der Waals surface area contributed by atoms with Crippen LogP contribution in [0.5, 0.6) is 0 Å². The van der Waals surface area contributed by atoms with Crippen LogP contribution in [0.2, 0.25) is 0 Å². The van der Waals surface area contributed by atoms with E-state index in [0.29, 0.717) is 5.88 Å². The molecule has 0 atom stereocenters.